The summed E-state index contributed by atoms with van der Waals surface area (Å²) < 4.78 is 11.3. The number of ether oxygens (including phenoxy) is 2. The van der Waals surface area contributed by atoms with Gasteiger partial charge in [0, 0.05) is 12.1 Å². The van der Waals surface area contributed by atoms with E-state index in [2.05, 4.69) is 15.6 Å². The molecule has 2 N–H and O–H groups in total. The summed E-state index contributed by atoms with van der Waals surface area (Å²) in [6.07, 6.45) is 3.30. The summed E-state index contributed by atoms with van der Waals surface area (Å²) in [4.78, 5) is 14.4. The van der Waals surface area contributed by atoms with Crippen molar-refractivity contribution in [3.63, 3.8) is 0 Å². The molecule has 2 aliphatic rings. The Morgan fingerprint density at radius 3 is 2.38 bits per heavy atom. The van der Waals surface area contributed by atoms with Gasteiger partial charge in [-0.05, 0) is 25.9 Å². The van der Waals surface area contributed by atoms with E-state index in [0.29, 0.717) is 36.9 Å². The first-order valence-electron chi connectivity index (χ1n) is 7.09. The SMILES string of the molecule is O=[N+]([O-])c1cnc(OC[C@@H]2CCN2)c(OC[C@@H]2CCN2)c1. The lowest BCUT2D eigenvalue weighted by Gasteiger charge is -2.28. The van der Waals surface area contributed by atoms with E-state index < -0.39 is 4.92 Å². The lowest BCUT2D eigenvalue weighted by Crippen LogP contribution is -2.47. The van der Waals surface area contributed by atoms with Crippen LogP contribution in [0.3, 0.4) is 0 Å². The van der Waals surface area contributed by atoms with Crippen molar-refractivity contribution in [2.75, 3.05) is 26.3 Å². The number of nitrogens with one attached hydrogen (secondary N) is 2. The number of hydrogen-bond donors (Lipinski definition) is 2. The van der Waals surface area contributed by atoms with Gasteiger partial charge in [-0.25, -0.2) is 4.98 Å². The standard InChI is InChI=1S/C13H18N4O4/c18-17(19)11-5-12(20-7-9-1-3-14-9)13(16-6-11)21-8-10-2-4-15-10/h5-6,9-10,14-15H,1-4,7-8H2/t9-,10-/m0/s1. The van der Waals surface area contributed by atoms with Crippen molar-refractivity contribution < 1.29 is 14.4 Å². The highest BCUT2D eigenvalue weighted by atomic mass is 16.6. The Labute approximate surface area is 122 Å². The molecule has 0 amide bonds. The van der Waals surface area contributed by atoms with Gasteiger partial charge in [0.1, 0.15) is 19.4 Å². The van der Waals surface area contributed by atoms with E-state index in [0.717, 1.165) is 25.9 Å². The largest absolute Gasteiger partial charge is 0.486 e. The summed E-state index contributed by atoms with van der Waals surface area (Å²) in [7, 11) is 0. The molecule has 0 aliphatic carbocycles. The molecule has 1 aromatic heterocycles. The molecule has 114 valence electrons. The molecule has 2 saturated heterocycles. The molecule has 8 heteroatoms. The average molecular weight is 294 g/mol. The Morgan fingerprint density at radius 1 is 1.24 bits per heavy atom. The van der Waals surface area contributed by atoms with E-state index in [1.807, 2.05) is 0 Å². The number of nitro groups is 1. The van der Waals surface area contributed by atoms with Crippen molar-refractivity contribution in [3.05, 3.63) is 22.4 Å². The van der Waals surface area contributed by atoms with Crippen molar-refractivity contribution in [1.82, 2.24) is 15.6 Å². The summed E-state index contributed by atoms with van der Waals surface area (Å²) in [5.74, 6) is 0.644. The minimum Gasteiger partial charge on any atom is -0.486 e. The molecule has 0 bridgehead atoms. The maximum atomic E-state index is 10.8. The second-order valence-electron chi connectivity index (χ2n) is 5.26. The van der Waals surface area contributed by atoms with Crippen LogP contribution in [0.5, 0.6) is 11.6 Å². The molecule has 0 radical (unpaired) electrons. The molecule has 8 nitrogen and oxygen atoms in total. The quantitative estimate of drug-likeness (QED) is 0.557. The number of rotatable bonds is 7. The first-order valence-corrected chi connectivity index (χ1v) is 7.09. The summed E-state index contributed by atoms with van der Waals surface area (Å²) in [5.41, 5.74) is -0.0966. The van der Waals surface area contributed by atoms with Crippen LogP contribution in [0.2, 0.25) is 0 Å². The van der Waals surface area contributed by atoms with Crippen molar-refractivity contribution in [2.45, 2.75) is 24.9 Å². The monoisotopic (exact) mass is 294 g/mol. The van der Waals surface area contributed by atoms with Gasteiger partial charge in [0.2, 0.25) is 0 Å². The van der Waals surface area contributed by atoms with Gasteiger partial charge in [-0.3, -0.25) is 10.1 Å². The van der Waals surface area contributed by atoms with Gasteiger partial charge in [0.15, 0.2) is 5.75 Å². The topological polar surface area (TPSA) is 98.6 Å². The highest BCUT2D eigenvalue weighted by molar-refractivity contribution is 5.42. The van der Waals surface area contributed by atoms with Crippen LogP contribution >= 0.6 is 0 Å². The van der Waals surface area contributed by atoms with Gasteiger partial charge in [-0.15, -0.1) is 0 Å². The highest BCUT2D eigenvalue weighted by Crippen LogP contribution is 2.29. The van der Waals surface area contributed by atoms with E-state index in [1.54, 1.807) is 0 Å². The summed E-state index contributed by atoms with van der Waals surface area (Å²) in [6, 6.07) is 1.99. The lowest BCUT2D eigenvalue weighted by atomic mass is 10.1. The van der Waals surface area contributed by atoms with E-state index in [9.17, 15) is 10.1 Å². The molecule has 0 saturated carbocycles. The Bertz CT molecular complexity index is 517. The zero-order valence-electron chi connectivity index (χ0n) is 11.6. The van der Waals surface area contributed by atoms with Crippen molar-refractivity contribution >= 4 is 5.69 Å². The van der Waals surface area contributed by atoms with Crippen LogP contribution in [0.15, 0.2) is 12.3 Å². The van der Waals surface area contributed by atoms with Crippen LogP contribution in [0.4, 0.5) is 5.69 Å². The lowest BCUT2D eigenvalue weighted by molar-refractivity contribution is -0.385. The van der Waals surface area contributed by atoms with Crippen LogP contribution in [-0.2, 0) is 0 Å². The highest BCUT2D eigenvalue weighted by Gasteiger charge is 2.22. The molecule has 0 unspecified atom stereocenters. The molecule has 0 aromatic carbocycles. The molecule has 2 fully saturated rings. The van der Waals surface area contributed by atoms with Gasteiger partial charge in [-0.2, -0.15) is 0 Å². The smallest absolute Gasteiger partial charge is 0.291 e. The fourth-order valence-electron chi connectivity index (χ4n) is 2.08. The molecule has 2 aliphatic heterocycles. The Hall–Kier alpha value is -1.93. The third-order valence-corrected chi connectivity index (χ3v) is 3.73. The Kier molecular flexibility index (Phi) is 4.16. The fraction of sp³-hybridized carbons (Fsp3) is 0.615. The van der Waals surface area contributed by atoms with Gasteiger partial charge in [0.25, 0.3) is 11.6 Å². The molecule has 0 spiro atoms. The van der Waals surface area contributed by atoms with Crippen molar-refractivity contribution in [1.29, 1.82) is 0 Å². The van der Waals surface area contributed by atoms with E-state index in [-0.39, 0.29) is 5.69 Å². The third kappa shape index (κ3) is 3.40. The maximum absolute atomic E-state index is 10.8. The predicted octanol–water partition coefficient (Wildman–Crippen LogP) is 0.471. The Morgan fingerprint density at radius 2 is 1.86 bits per heavy atom. The predicted molar refractivity (Wildman–Crippen MR) is 74.7 cm³/mol. The van der Waals surface area contributed by atoms with Gasteiger partial charge in [-0.1, -0.05) is 0 Å². The van der Waals surface area contributed by atoms with E-state index >= 15 is 0 Å². The fourth-order valence-corrected chi connectivity index (χ4v) is 2.08. The zero-order chi connectivity index (χ0) is 14.7. The third-order valence-electron chi connectivity index (χ3n) is 3.73. The number of pyridine rings is 1. The molecular formula is C13H18N4O4. The minimum absolute atomic E-state index is 0.0966. The number of nitrogens with zero attached hydrogens (tertiary/aromatic N) is 2. The molecule has 3 rings (SSSR count). The van der Waals surface area contributed by atoms with Gasteiger partial charge in [0.05, 0.1) is 11.0 Å². The van der Waals surface area contributed by atoms with Crippen LogP contribution in [0, 0.1) is 10.1 Å². The molecule has 1 aromatic rings. The average Bonchev–Trinajstić information content (AvgIpc) is 2.36. The summed E-state index contributed by atoms with van der Waals surface area (Å²) in [6.45, 7) is 2.93. The van der Waals surface area contributed by atoms with Crippen LogP contribution < -0.4 is 20.1 Å². The molecule has 21 heavy (non-hydrogen) atoms. The summed E-state index contributed by atoms with van der Waals surface area (Å²) in [5, 5.41) is 17.3. The zero-order valence-corrected chi connectivity index (χ0v) is 11.6. The van der Waals surface area contributed by atoms with E-state index in [4.69, 9.17) is 9.47 Å². The van der Waals surface area contributed by atoms with E-state index in [1.165, 1.54) is 12.3 Å². The van der Waals surface area contributed by atoms with Crippen LogP contribution in [0.25, 0.3) is 0 Å². The minimum atomic E-state index is -0.487. The van der Waals surface area contributed by atoms with Crippen LogP contribution in [0.1, 0.15) is 12.8 Å². The van der Waals surface area contributed by atoms with Gasteiger partial charge >= 0.3 is 0 Å². The first kappa shape index (κ1) is 14.0. The van der Waals surface area contributed by atoms with Crippen LogP contribution in [-0.4, -0.2) is 48.3 Å². The Balaban J connectivity index is 1.67. The number of hydrogen-bond acceptors (Lipinski definition) is 7. The molecular weight excluding hydrogens is 276 g/mol. The van der Waals surface area contributed by atoms with Crippen molar-refractivity contribution in [2.24, 2.45) is 0 Å². The first-order chi connectivity index (χ1) is 10.2. The van der Waals surface area contributed by atoms with Crippen molar-refractivity contribution in [3.8, 4) is 11.6 Å². The van der Waals surface area contributed by atoms with Gasteiger partial charge < -0.3 is 20.1 Å². The second-order valence-corrected chi connectivity index (χ2v) is 5.26. The summed E-state index contributed by atoms with van der Waals surface area (Å²) >= 11 is 0. The normalized spacial score (nSPS) is 23.8. The molecule has 2 atom stereocenters. The number of aromatic nitrogens is 1. The molecule has 3 heterocycles. The maximum Gasteiger partial charge on any atom is 0.291 e. The second kappa shape index (κ2) is 6.23.